The maximum Gasteiger partial charge on any atom is 0.573 e. The van der Waals surface area contributed by atoms with Gasteiger partial charge in [-0.25, -0.2) is 0 Å². The van der Waals surface area contributed by atoms with Crippen molar-refractivity contribution in [2.24, 2.45) is 0 Å². The van der Waals surface area contributed by atoms with E-state index in [9.17, 15) is 13.2 Å². The standard InChI is InChI=1S/C14H20F3NO/c1-3-6-12(18-2)10-9-11-7-4-5-8-13(11)19-14(15,16)17/h4-5,7-8,12,18H,3,6,9-10H2,1-2H3. The van der Waals surface area contributed by atoms with Crippen molar-refractivity contribution >= 4 is 0 Å². The molecule has 0 spiro atoms. The fourth-order valence-corrected chi connectivity index (χ4v) is 2.05. The van der Waals surface area contributed by atoms with Gasteiger partial charge < -0.3 is 10.1 Å². The SMILES string of the molecule is CCCC(CCc1ccccc1OC(F)(F)F)NC. The summed E-state index contributed by atoms with van der Waals surface area (Å²) in [6.45, 7) is 2.09. The van der Waals surface area contributed by atoms with E-state index in [-0.39, 0.29) is 5.75 Å². The Morgan fingerprint density at radius 1 is 1.21 bits per heavy atom. The second-order valence-electron chi connectivity index (χ2n) is 4.47. The van der Waals surface area contributed by atoms with Gasteiger partial charge in [0.2, 0.25) is 0 Å². The first-order chi connectivity index (χ1) is 8.96. The Bertz CT molecular complexity index is 379. The van der Waals surface area contributed by atoms with E-state index in [1.54, 1.807) is 18.2 Å². The number of ether oxygens (including phenoxy) is 1. The molecule has 1 unspecified atom stereocenters. The van der Waals surface area contributed by atoms with Crippen molar-refractivity contribution in [1.82, 2.24) is 5.32 Å². The molecule has 0 fully saturated rings. The van der Waals surface area contributed by atoms with Crippen molar-refractivity contribution in [1.29, 1.82) is 0 Å². The van der Waals surface area contributed by atoms with Crippen LogP contribution < -0.4 is 10.1 Å². The Hall–Kier alpha value is -1.23. The van der Waals surface area contributed by atoms with Crippen LogP contribution in [-0.2, 0) is 6.42 Å². The lowest BCUT2D eigenvalue weighted by molar-refractivity contribution is -0.274. The van der Waals surface area contributed by atoms with Crippen LogP contribution in [0.25, 0.3) is 0 Å². The fourth-order valence-electron chi connectivity index (χ4n) is 2.05. The average Bonchev–Trinajstić information content (AvgIpc) is 2.34. The van der Waals surface area contributed by atoms with Crippen LogP contribution in [0.2, 0.25) is 0 Å². The van der Waals surface area contributed by atoms with E-state index in [0.717, 1.165) is 19.3 Å². The van der Waals surface area contributed by atoms with Crippen molar-refractivity contribution < 1.29 is 17.9 Å². The molecular weight excluding hydrogens is 255 g/mol. The molecule has 1 aromatic carbocycles. The normalized spacial score (nSPS) is 13.3. The predicted molar refractivity (Wildman–Crippen MR) is 69.2 cm³/mol. The van der Waals surface area contributed by atoms with Gasteiger partial charge in [-0.05, 0) is 37.9 Å². The third-order valence-corrected chi connectivity index (χ3v) is 3.01. The largest absolute Gasteiger partial charge is 0.573 e. The van der Waals surface area contributed by atoms with Gasteiger partial charge in [-0.1, -0.05) is 31.5 Å². The molecule has 0 amide bonds. The van der Waals surface area contributed by atoms with Crippen molar-refractivity contribution in [3.63, 3.8) is 0 Å². The van der Waals surface area contributed by atoms with Gasteiger partial charge in [0.05, 0.1) is 0 Å². The molecule has 0 saturated heterocycles. The second-order valence-corrected chi connectivity index (χ2v) is 4.47. The molecule has 0 radical (unpaired) electrons. The fraction of sp³-hybridized carbons (Fsp3) is 0.571. The molecule has 2 nitrogen and oxygen atoms in total. The molecule has 1 rings (SSSR count). The van der Waals surface area contributed by atoms with E-state index in [1.165, 1.54) is 6.07 Å². The van der Waals surface area contributed by atoms with Crippen LogP contribution in [0.5, 0.6) is 5.75 Å². The number of para-hydroxylation sites is 1. The Morgan fingerprint density at radius 3 is 2.47 bits per heavy atom. The molecule has 0 saturated carbocycles. The Kier molecular flexibility index (Phi) is 6.15. The van der Waals surface area contributed by atoms with Crippen LogP contribution >= 0.6 is 0 Å². The van der Waals surface area contributed by atoms with Gasteiger partial charge in [-0.15, -0.1) is 13.2 Å². The lowest BCUT2D eigenvalue weighted by Crippen LogP contribution is -2.25. The van der Waals surface area contributed by atoms with Gasteiger partial charge in [-0.2, -0.15) is 0 Å². The summed E-state index contributed by atoms with van der Waals surface area (Å²) >= 11 is 0. The van der Waals surface area contributed by atoms with Crippen molar-refractivity contribution in [2.75, 3.05) is 7.05 Å². The third-order valence-electron chi connectivity index (χ3n) is 3.01. The summed E-state index contributed by atoms with van der Waals surface area (Å²) in [5, 5.41) is 3.18. The summed E-state index contributed by atoms with van der Waals surface area (Å²) < 4.78 is 40.9. The average molecular weight is 275 g/mol. The minimum atomic E-state index is -4.64. The van der Waals surface area contributed by atoms with Gasteiger partial charge in [0.25, 0.3) is 0 Å². The molecule has 108 valence electrons. The molecular formula is C14H20F3NO. The summed E-state index contributed by atoms with van der Waals surface area (Å²) in [6.07, 6.45) is -1.22. The number of alkyl halides is 3. The lowest BCUT2D eigenvalue weighted by atomic mass is 10.0. The highest BCUT2D eigenvalue weighted by Gasteiger charge is 2.31. The molecule has 0 aliphatic carbocycles. The number of aryl methyl sites for hydroxylation is 1. The molecule has 0 aromatic heterocycles. The van der Waals surface area contributed by atoms with Gasteiger partial charge in [0.1, 0.15) is 5.75 Å². The first-order valence-electron chi connectivity index (χ1n) is 6.47. The number of hydrogen-bond acceptors (Lipinski definition) is 2. The molecule has 0 heterocycles. The molecule has 0 aliphatic heterocycles. The molecule has 0 aliphatic rings. The van der Waals surface area contributed by atoms with Crippen LogP contribution in [0, 0.1) is 0 Å². The molecule has 1 aromatic rings. The monoisotopic (exact) mass is 275 g/mol. The number of rotatable bonds is 7. The molecule has 19 heavy (non-hydrogen) atoms. The molecule has 1 atom stereocenters. The van der Waals surface area contributed by atoms with E-state index in [2.05, 4.69) is 17.0 Å². The maximum absolute atomic E-state index is 12.3. The van der Waals surface area contributed by atoms with Crippen molar-refractivity contribution in [2.45, 2.75) is 45.0 Å². The number of hydrogen-bond donors (Lipinski definition) is 1. The summed E-state index contributed by atoms with van der Waals surface area (Å²) in [4.78, 5) is 0. The highest BCUT2D eigenvalue weighted by molar-refractivity contribution is 5.33. The Balaban J connectivity index is 2.67. The van der Waals surface area contributed by atoms with Gasteiger partial charge >= 0.3 is 6.36 Å². The predicted octanol–water partition coefficient (Wildman–Crippen LogP) is 3.91. The zero-order valence-electron chi connectivity index (χ0n) is 11.3. The van der Waals surface area contributed by atoms with Crippen LogP contribution in [0.3, 0.4) is 0 Å². The van der Waals surface area contributed by atoms with Crippen LogP contribution in [0.1, 0.15) is 31.7 Å². The maximum atomic E-state index is 12.3. The highest BCUT2D eigenvalue weighted by atomic mass is 19.4. The summed E-state index contributed by atoms with van der Waals surface area (Å²) in [6, 6.07) is 6.64. The number of halogens is 3. The molecule has 0 bridgehead atoms. The Labute approximate surface area is 112 Å². The molecule has 1 N–H and O–H groups in total. The highest BCUT2D eigenvalue weighted by Crippen LogP contribution is 2.27. The van der Waals surface area contributed by atoms with E-state index >= 15 is 0 Å². The van der Waals surface area contributed by atoms with E-state index < -0.39 is 6.36 Å². The number of nitrogens with one attached hydrogen (secondary N) is 1. The Morgan fingerprint density at radius 2 is 1.89 bits per heavy atom. The zero-order valence-corrected chi connectivity index (χ0v) is 11.3. The minimum Gasteiger partial charge on any atom is -0.406 e. The third kappa shape index (κ3) is 5.96. The van der Waals surface area contributed by atoms with E-state index in [1.807, 2.05) is 7.05 Å². The summed E-state index contributed by atoms with van der Waals surface area (Å²) in [5.74, 6) is -0.0960. The van der Waals surface area contributed by atoms with Crippen molar-refractivity contribution in [3.8, 4) is 5.75 Å². The topological polar surface area (TPSA) is 21.3 Å². The van der Waals surface area contributed by atoms with E-state index in [4.69, 9.17) is 0 Å². The minimum absolute atomic E-state index is 0.0960. The van der Waals surface area contributed by atoms with Gasteiger partial charge in [-0.3, -0.25) is 0 Å². The smallest absolute Gasteiger partial charge is 0.406 e. The summed E-state index contributed by atoms with van der Waals surface area (Å²) in [5.41, 5.74) is 0.594. The molecule has 5 heteroatoms. The van der Waals surface area contributed by atoms with Crippen LogP contribution in [0.4, 0.5) is 13.2 Å². The van der Waals surface area contributed by atoms with E-state index in [0.29, 0.717) is 18.0 Å². The van der Waals surface area contributed by atoms with Crippen molar-refractivity contribution in [3.05, 3.63) is 29.8 Å². The quantitative estimate of drug-likeness (QED) is 0.814. The van der Waals surface area contributed by atoms with Crippen LogP contribution in [0.15, 0.2) is 24.3 Å². The second kappa shape index (κ2) is 7.38. The first-order valence-corrected chi connectivity index (χ1v) is 6.47. The lowest BCUT2D eigenvalue weighted by Gasteiger charge is -2.17. The zero-order chi connectivity index (χ0) is 14.3. The number of benzene rings is 1. The van der Waals surface area contributed by atoms with Crippen LogP contribution in [-0.4, -0.2) is 19.5 Å². The first kappa shape index (κ1) is 15.8. The van der Waals surface area contributed by atoms with Gasteiger partial charge in [0.15, 0.2) is 0 Å². The summed E-state index contributed by atoms with van der Waals surface area (Å²) in [7, 11) is 1.87. The van der Waals surface area contributed by atoms with Gasteiger partial charge in [0, 0.05) is 6.04 Å².